The van der Waals surface area contributed by atoms with Crippen molar-refractivity contribution in [1.29, 1.82) is 0 Å². The lowest BCUT2D eigenvalue weighted by atomic mass is 10.1. The highest BCUT2D eigenvalue weighted by molar-refractivity contribution is 8.04. The van der Waals surface area contributed by atoms with Gasteiger partial charge in [0.2, 0.25) is 0 Å². The van der Waals surface area contributed by atoms with E-state index in [2.05, 4.69) is 32.4 Å². The molecule has 0 bridgehead atoms. The van der Waals surface area contributed by atoms with Gasteiger partial charge in [-0.05, 0) is 50.1 Å². The van der Waals surface area contributed by atoms with Gasteiger partial charge in [-0.3, -0.25) is 19.4 Å². The second-order valence-corrected chi connectivity index (χ2v) is 11.7. The number of aliphatic carboxylic acids is 1. The minimum Gasteiger partial charge on any atom is -0.480 e. The van der Waals surface area contributed by atoms with Crippen molar-refractivity contribution < 1.29 is 32.3 Å². The normalized spacial score (nSPS) is 22.0. The van der Waals surface area contributed by atoms with Crippen LogP contribution in [0.1, 0.15) is 41.4 Å². The molecule has 4 heterocycles. The zero-order valence-corrected chi connectivity index (χ0v) is 23.6. The van der Waals surface area contributed by atoms with Crippen LogP contribution >= 0.6 is 11.8 Å². The second-order valence-electron chi connectivity index (χ2n) is 10.5. The quantitative estimate of drug-likeness (QED) is 0.386. The zero-order valence-electron chi connectivity index (χ0n) is 22.8. The van der Waals surface area contributed by atoms with Gasteiger partial charge in [0.05, 0.1) is 30.2 Å². The third kappa shape index (κ3) is 6.95. The van der Waals surface area contributed by atoms with Crippen LogP contribution in [-0.4, -0.2) is 94.1 Å². The van der Waals surface area contributed by atoms with E-state index >= 15 is 0 Å². The van der Waals surface area contributed by atoms with E-state index in [1.807, 2.05) is 9.80 Å². The minimum absolute atomic E-state index is 0.0220. The number of benzene rings is 1. The molecule has 1 amide bonds. The van der Waals surface area contributed by atoms with Crippen molar-refractivity contribution in [3.05, 3.63) is 58.1 Å². The lowest BCUT2D eigenvalue weighted by molar-refractivity contribution is -0.140. The van der Waals surface area contributed by atoms with E-state index in [-0.39, 0.29) is 17.8 Å². The van der Waals surface area contributed by atoms with Crippen LogP contribution < -0.4 is 15.5 Å². The molecule has 42 heavy (non-hydrogen) atoms. The maximum atomic E-state index is 14.0. The van der Waals surface area contributed by atoms with Gasteiger partial charge in [-0.1, -0.05) is 11.8 Å². The summed E-state index contributed by atoms with van der Waals surface area (Å²) in [6, 6.07) is 3.21. The number of hydrogen-bond donors (Lipinski definition) is 3. The number of likely N-dealkylation sites (tertiary alicyclic amines) is 1. The maximum absolute atomic E-state index is 14.0. The first-order chi connectivity index (χ1) is 20.0. The van der Waals surface area contributed by atoms with Gasteiger partial charge in [0.15, 0.2) is 5.50 Å². The Labute approximate surface area is 244 Å². The summed E-state index contributed by atoms with van der Waals surface area (Å²) in [6.07, 6.45) is 0.0229. The van der Waals surface area contributed by atoms with E-state index in [1.165, 1.54) is 30.2 Å². The van der Waals surface area contributed by atoms with Crippen molar-refractivity contribution in [1.82, 2.24) is 30.4 Å². The van der Waals surface area contributed by atoms with Crippen LogP contribution in [-0.2, 0) is 11.0 Å². The van der Waals surface area contributed by atoms with Gasteiger partial charge in [-0.25, -0.2) is 14.4 Å². The number of aromatic nitrogens is 2. The summed E-state index contributed by atoms with van der Waals surface area (Å²) < 4.78 is 54.4. The van der Waals surface area contributed by atoms with Crippen molar-refractivity contribution in [2.45, 2.75) is 37.5 Å². The number of rotatable bonds is 8. The van der Waals surface area contributed by atoms with Gasteiger partial charge >= 0.3 is 12.1 Å². The topological polar surface area (TPSA) is 114 Å². The molecule has 2 atom stereocenters. The van der Waals surface area contributed by atoms with E-state index in [0.29, 0.717) is 50.3 Å². The highest BCUT2D eigenvalue weighted by atomic mass is 32.2. The van der Waals surface area contributed by atoms with E-state index < -0.39 is 34.9 Å². The molecule has 226 valence electrons. The number of thioether (sulfide) groups is 1. The first-order valence-corrected chi connectivity index (χ1v) is 14.5. The maximum Gasteiger partial charge on any atom is 0.419 e. The van der Waals surface area contributed by atoms with Crippen LogP contribution in [0.25, 0.3) is 5.70 Å². The zero-order chi connectivity index (χ0) is 30.0. The molecule has 15 heteroatoms. The number of amides is 1. The molecule has 2 fully saturated rings. The molecule has 3 aliphatic heterocycles. The van der Waals surface area contributed by atoms with Gasteiger partial charge in [0.1, 0.15) is 17.3 Å². The number of alkyl halides is 3. The fourth-order valence-electron chi connectivity index (χ4n) is 5.30. The Kier molecular flexibility index (Phi) is 8.89. The van der Waals surface area contributed by atoms with E-state index in [1.54, 1.807) is 0 Å². The Morgan fingerprint density at radius 3 is 2.52 bits per heavy atom. The summed E-state index contributed by atoms with van der Waals surface area (Å²) in [6.45, 7) is 5.67. The van der Waals surface area contributed by atoms with Gasteiger partial charge < -0.3 is 20.6 Å². The fourth-order valence-corrected chi connectivity index (χ4v) is 6.46. The molecule has 2 aromatic rings. The molecule has 0 aliphatic carbocycles. The summed E-state index contributed by atoms with van der Waals surface area (Å²) >= 11 is 1.29. The first kappa shape index (κ1) is 30.0. The summed E-state index contributed by atoms with van der Waals surface area (Å²) in [7, 11) is 0. The van der Waals surface area contributed by atoms with Gasteiger partial charge in [0, 0.05) is 43.7 Å². The number of anilines is 1. The number of carboxylic acid groups (broad SMARTS) is 1. The molecule has 3 aliphatic rings. The number of carboxylic acids is 1. The van der Waals surface area contributed by atoms with E-state index in [4.69, 9.17) is 5.11 Å². The highest BCUT2D eigenvalue weighted by Crippen LogP contribution is 2.39. The average Bonchev–Trinajstić information content (AvgIpc) is 3.54. The smallest absolute Gasteiger partial charge is 0.419 e. The van der Waals surface area contributed by atoms with Gasteiger partial charge in [0.25, 0.3) is 5.91 Å². The largest absolute Gasteiger partial charge is 0.480 e. The van der Waals surface area contributed by atoms with Crippen LogP contribution in [0.4, 0.5) is 23.4 Å². The lowest BCUT2D eigenvalue weighted by Crippen LogP contribution is -2.48. The fraction of sp³-hybridized carbons (Fsp3) is 0.481. The Morgan fingerprint density at radius 2 is 1.90 bits per heavy atom. The molecule has 3 N–H and O–H groups in total. The van der Waals surface area contributed by atoms with Crippen molar-refractivity contribution in [3.8, 4) is 0 Å². The summed E-state index contributed by atoms with van der Waals surface area (Å²) in [5.41, 5.74) is -1.38. The molecule has 10 nitrogen and oxygen atoms in total. The number of hydrogen-bond acceptors (Lipinski definition) is 9. The summed E-state index contributed by atoms with van der Waals surface area (Å²) in [5, 5.41) is 14.9. The van der Waals surface area contributed by atoms with Crippen LogP contribution in [0.3, 0.4) is 0 Å². The number of carbonyl (C=O) groups is 2. The predicted octanol–water partition coefficient (Wildman–Crippen LogP) is 3.04. The Bertz CT molecular complexity index is 1350. The Balaban J connectivity index is 1.27. The van der Waals surface area contributed by atoms with Crippen molar-refractivity contribution in [3.63, 3.8) is 0 Å². The van der Waals surface area contributed by atoms with Crippen LogP contribution in [0, 0.1) is 5.82 Å². The SMILES string of the molecule is CC1CCCN1CC1=C(c2ccc(F)c(C(F)(F)F)c2)NC(NC(=O)c2cnc(N3CCN(CC(=O)O)CC3)cn2)S1. The minimum atomic E-state index is -4.85. The molecule has 0 spiro atoms. The Hall–Kier alpha value is -3.43. The molecule has 2 saturated heterocycles. The van der Waals surface area contributed by atoms with Crippen LogP contribution in [0.2, 0.25) is 0 Å². The molecule has 2 unspecified atom stereocenters. The molecule has 5 rings (SSSR count). The molecule has 0 radical (unpaired) electrons. The van der Waals surface area contributed by atoms with E-state index in [9.17, 15) is 27.2 Å². The number of carbonyl (C=O) groups excluding carboxylic acids is 1. The van der Waals surface area contributed by atoms with Gasteiger partial charge in [-0.2, -0.15) is 13.2 Å². The standard InChI is InChI=1S/C27H31F4N7O3S/c1-16-3-2-6-38(16)14-21-24(17-4-5-19(28)18(11-17)27(29,30)31)34-26(42-21)35-25(41)20-12-33-22(13-32-20)37-9-7-36(8-10-37)15-23(39)40/h4-5,11-13,16,26,34H,2-3,6-10,14-15H2,1H3,(H,35,41)(H,39,40). The van der Waals surface area contributed by atoms with Gasteiger partial charge in [-0.15, -0.1) is 0 Å². The molecular formula is C27H31F4N7O3S. The number of nitrogens with one attached hydrogen (secondary N) is 2. The molecule has 1 aromatic heterocycles. The predicted molar refractivity (Wildman–Crippen MR) is 149 cm³/mol. The highest BCUT2D eigenvalue weighted by Gasteiger charge is 2.36. The van der Waals surface area contributed by atoms with Crippen molar-refractivity contribution in [2.24, 2.45) is 0 Å². The summed E-state index contributed by atoms with van der Waals surface area (Å²) in [4.78, 5) is 39.3. The number of halogens is 4. The second kappa shape index (κ2) is 12.4. The first-order valence-electron chi connectivity index (χ1n) is 13.6. The third-order valence-corrected chi connectivity index (χ3v) is 8.69. The number of nitrogens with zero attached hydrogens (tertiary/aromatic N) is 5. The molecule has 1 aromatic carbocycles. The summed E-state index contributed by atoms with van der Waals surface area (Å²) in [5.74, 6) is -2.17. The molecular weight excluding hydrogens is 578 g/mol. The molecule has 0 saturated carbocycles. The van der Waals surface area contributed by atoms with Crippen molar-refractivity contribution >= 4 is 35.2 Å². The number of piperazine rings is 1. The Morgan fingerprint density at radius 1 is 1.14 bits per heavy atom. The lowest BCUT2D eigenvalue weighted by Gasteiger charge is -2.34. The van der Waals surface area contributed by atoms with Crippen LogP contribution in [0.5, 0.6) is 0 Å². The monoisotopic (exact) mass is 609 g/mol. The van der Waals surface area contributed by atoms with E-state index in [0.717, 1.165) is 36.4 Å². The average molecular weight is 610 g/mol. The third-order valence-electron chi connectivity index (χ3n) is 7.60. The van der Waals surface area contributed by atoms with Crippen molar-refractivity contribution in [2.75, 3.05) is 50.7 Å². The van der Waals surface area contributed by atoms with Crippen LogP contribution in [0.15, 0.2) is 35.5 Å².